The van der Waals surface area contributed by atoms with E-state index in [-0.39, 0.29) is 12.3 Å². The zero-order valence-corrected chi connectivity index (χ0v) is 17.9. The highest BCUT2D eigenvalue weighted by atomic mass is 35.5. The number of methoxy groups -OCH3 is 2. The molecule has 0 aromatic heterocycles. The van der Waals surface area contributed by atoms with Crippen LogP contribution in [0.3, 0.4) is 0 Å². The highest BCUT2D eigenvalue weighted by Gasteiger charge is 2.12. The van der Waals surface area contributed by atoms with Gasteiger partial charge in [0.1, 0.15) is 11.5 Å². The second-order valence-electron chi connectivity index (χ2n) is 6.15. The van der Waals surface area contributed by atoms with Crippen molar-refractivity contribution in [2.75, 3.05) is 19.5 Å². The van der Waals surface area contributed by atoms with E-state index in [9.17, 15) is 9.59 Å². The molecule has 0 aliphatic carbocycles. The standard InChI is InChI=1S/C20H21Cl2N3O4/c1-11(7-18(26)23-17-6-5-16(21)12(2)19(17)22)24-25-20(27)13-8-14(28-3)10-15(9-13)29-4/h5-6,8-10H,7H2,1-4H3,(H,23,26)(H,25,27)/b24-11-. The number of hydrazone groups is 1. The molecule has 154 valence electrons. The van der Waals surface area contributed by atoms with Crippen molar-refractivity contribution in [2.45, 2.75) is 20.3 Å². The maximum atomic E-state index is 12.3. The molecule has 2 N–H and O–H groups in total. The molecule has 0 fully saturated rings. The van der Waals surface area contributed by atoms with Gasteiger partial charge in [-0.1, -0.05) is 23.2 Å². The average Bonchev–Trinajstić information content (AvgIpc) is 2.71. The number of nitrogens with one attached hydrogen (secondary N) is 2. The van der Waals surface area contributed by atoms with Gasteiger partial charge in [0, 0.05) is 22.4 Å². The Morgan fingerprint density at radius 1 is 1.07 bits per heavy atom. The quantitative estimate of drug-likeness (QED) is 0.494. The average molecular weight is 438 g/mol. The van der Waals surface area contributed by atoms with Gasteiger partial charge in [-0.2, -0.15) is 5.10 Å². The summed E-state index contributed by atoms with van der Waals surface area (Å²) in [6.45, 7) is 3.39. The number of carbonyl (C=O) groups is 2. The minimum atomic E-state index is -0.460. The first-order valence-electron chi connectivity index (χ1n) is 8.56. The van der Waals surface area contributed by atoms with Crippen LogP contribution in [-0.4, -0.2) is 31.7 Å². The summed E-state index contributed by atoms with van der Waals surface area (Å²) in [7, 11) is 2.98. The van der Waals surface area contributed by atoms with Gasteiger partial charge >= 0.3 is 0 Å². The Morgan fingerprint density at radius 3 is 2.28 bits per heavy atom. The van der Waals surface area contributed by atoms with Crippen LogP contribution in [0.4, 0.5) is 5.69 Å². The zero-order chi connectivity index (χ0) is 21.6. The van der Waals surface area contributed by atoms with Crippen molar-refractivity contribution in [3.8, 4) is 11.5 Å². The Balaban J connectivity index is 2.00. The topological polar surface area (TPSA) is 89.0 Å². The predicted molar refractivity (Wildman–Crippen MR) is 115 cm³/mol. The molecule has 2 aromatic carbocycles. The fraction of sp³-hybridized carbons (Fsp3) is 0.250. The summed E-state index contributed by atoms with van der Waals surface area (Å²) < 4.78 is 10.3. The first kappa shape index (κ1) is 22.5. The first-order valence-corrected chi connectivity index (χ1v) is 9.31. The Kier molecular flexibility index (Phi) is 7.87. The summed E-state index contributed by atoms with van der Waals surface area (Å²) in [5.74, 6) is 0.167. The molecule has 29 heavy (non-hydrogen) atoms. The lowest BCUT2D eigenvalue weighted by Gasteiger charge is -2.10. The SMILES string of the molecule is COc1cc(OC)cc(C(=O)N/N=C(/C)CC(=O)Nc2ccc(Cl)c(C)c2Cl)c1. The van der Waals surface area contributed by atoms with Crippen LogP contribution in [-0.2, 0) is 4.79 Å². The molecular formula is C20H21Cl2N3O4. The molecule has 9 heteroatoms. The van der Waals surface area contributed by atoms with E-state index < -0.39 is 5.91 Å². The second kappa shape index (κ2) is 10.1. The molecule has 0 heterocycles. The zero-order valence-electron chi connectivity index (χ0n) is 16.4. The lowest BCUT2D eigenvalue weighted by atomic mass is 10.2. The van der Waals surface area contributed by atoms with E-state index >= 15 is 0 Å². The number of ether oxygens (including phenoxy) is 2. The largest absolute Gasteiger partial charge is 0.497 e. The normalized spacial score (nSPS) is 11.0. The summed E-state index contributed by atoms with van der Waals surface area (Å²) in [5, 5.41) is 7.56. The maximum absolute atomic E-state index is 12.3. The summed E-state index contributed by atoms with van der Waals surface area (Å²) in [5.41, 5.74) is 4.27. The Morgan fingerprint density at radius 2 is 1.69 bits per heavy atom. The summed E-state index contributed by atoms with van der Waals surface area (Å²) in [4.78, 5) is 24.5. The van der Waals surface area contributed by atoms with Crippen molar-refractivity contribution in [3.05, 3.63) is 51.5 Å². The number of carbonyl (C=O) groups excluding carboxylic acids is 2. The molecule has 0 bridgehead atoms. The number of hydrogen-bond acceptors (Lipinski definition) is 5. The predicted octanol–water partition coefficient (Wildman–Crippen LogP) is 4.45. The van der Waals surface area contributed by atoms with Gasteiger partial charge < -0.3 is 14.8 Å². The molecule has 0 atom stereocenters. The molecule has 0 saturated carbocycles. The highest BCUT2D eigenvalue weighted by molar-refractivity contribution is 6.38. The summed E-state index contributed by atoms with van der Waals surface area (Å²) in [6, 6.07) is 8.04. The fourth-order valence-corrected chi connectivity index (χ4v) is 2.79. The number of hydrogen-bond donors (Lipinski definition) is 2. The van der Waals surface area contributed by atoms with Crippen molar-refractivity contribution in [3.63, 3.8) is 0 Å². The van der Waals surface area contributed by atoms with Gasteiger partial charge in [0.05, 0.1) is 31.4 Å². The van der Waals surface area contributed by atoms with Crippen LogP contribution in [0.25, 0.3) is 0 Å². The number of amides is 2. The van der Waals surface area contributed by atoms with E-state index in [0.29, 0.717) is 44.1 Å². The number of nitrogens with zero attached hydrogens (tertiary/aromatic N) is 1. The van der Waals surface area contributed by atoms with E-state index in [0.717, 1.165) is 0 Å². The van der Waals surface area contributed by atoms with Crippen LogP contribution in [0.5, 0.6) is 11.5 Å². The minimum Gasteiger partial charge on any atom is -0.497 e. The van der Waals surface area contributed by atoms with Gasteiger partial charge in [0.2, 0.25) is 5.91 Å². The Labute approximate surface area is 179 Å². The van der Waals surface area contributed by atoms with Crippen LogP contribution in [0.2, 0.25) is 10.0 Å². The van der Waals surface area contributed by atoms with Crippen LogP contribution in [0, 0.1) is 6.92 Å². The van der Waals surface area contributed by atoms with E-state index in [1.807, 2.05) is 0 Å². The van der Waals surface area contributed by atoms with Gasteiger partial charge in [-0.15, -0.1) is 0 Å². The Bertz CT molecular complexity index is 939. The van der Waals surface area contributed by atoms with Crippen molar-refractivity contribution >= 4 is 46.4 Å². The summed E-state index contributed by atoms with van der Waals surface area (Å²) >= 11 is 12.2. The smallest absolute Gasteiger partial charge is 0.271 e. The lowest BCUT2D eigenvalue weighted by molar-refractivity contribution is -0.115. The molecule has 2 rings (SSSR count). The molecule has 0 radical (unpaired) electrons. The molecule has 0 aliphatic rings. The fourth-order valence-electron chi connectivity index (χ4n) is 2.37. The Hall–Kier alpha value is -2.77. The van der Waals surface area contributed by atoms with Crippen LogP contribution in [0.15, 0.2) is 35.4 Å². The third-order valence-corrected chi connectivity index (χ3v) is 4.87. The van der Waals surface area contributed by atoms with Gasteiger partial charge in [-0.3, -0.25) is 9.59 Å². The van der Waals surface area contributed by atoms with E-state index in [2.05, 4.69) is 15.8 Å². The molecule has 0 unspecified atom stereocenters. The number of benzene rings is 2. The molecular weight excluding hydrogens is 417 g/mol. The second-order valence-corrected chi connectivity index (χ2v) is 6.93. The molecule has 0 saturated heterocycles. The molecule has 7 nitrogen and oxygen atoms in total. The van der Waals surface area contributed by atoms with Crippen molar-refractivity contribution in [1.82, 2.24) is 5.43 Å². The van der Waals surface area contributed by atoms with E-state index in [4.69, 9.17) is 32.7 Å². The minimum absolute atomic E-state index is 0.0281. The first-order chi connectivity index (χ1) is 13.7. The van der Waals surface area contributed by atoms with Gasteiger partial charge in [0.25, 0.3) is 5.91 Å². The molecule has 2 aromatic rings. The monoisotopic (exact) mass is 437 g/mol. The van der Waals surface area contributed by atoms with E-state index in [1.54, 1.807) is 44.2 Å². The maximum Gasteiger partial charge on any atom is 0.271 e. The number of rotatable bonds is 7. The van der Waals surface area contributed by atoms with Crippen LogP contribution in [0.1, 0.15) is 29.3 Å². The third-order valence-electron chi connectivity index (χ3n) is 3.97. The van der Waals surface area contributed by atoms with Gasteiger partial charge in [-0.05, 0) is 43.7 Å². The van der Waals surface area contributed by atoms with Crippen LogP contribution < -0.4 is 20.2 Å². The van der Waals surface area contributed by atoms with Crippen molar-refractivity contribution in [2.24, 2.45) is 5.10 Å². The molecule has 2 amide bonds. The van der Waals surface area contributed by atoms with Crippen LogP contribution >= 0.6 is 23.2 Å². The molecule has 0 spiro atoms. The van der Waals surface area contributed by atoms with Crippen molar-refractivity contribution < 1.29 is 19.1 Å². The lowest BCUT2D eigenvalue weighted by Crippen LogP contribution is -2.21. The van der Waals surface area contributed by atoms with Gasteiger partial charge in [0.15, 0.2) is 0 Å². The van der Waals surface area contributed by atoms with E-state index in [1.165, 1.54) is 14.2 Å². The van der Waals surface area contributed by atoms with Gasteiger partial charge in [-0.25, -0.2) is 5.43 Å². The number of anilines is 1. The highest BCUT2D eigenvalue weighted by Crippen LogP contribution is 2.30. The summed E-state index contributed by atoms with van der Waals surface area (Å²) in [6.07, 6.45) is -0.0281. The van der Waals surface area contributed by atoms with Crippen molar-refractivity contribution in [1.29, 1.82) is 0 Å². The number of halogens is 2. The molecule has 0 aliphatic heterocycles. The third kappa shape index (κ3) is 6.10.